The number of hydrogen-bond donors (Lipinski definition) is 1. The van der Waals surface area contributed by atoms with Crippen LogP contribution in [0.5, 0.6) is 0 Å². The molecule has 0 saturated heterocycles. The maximum Gasteiger partial charge on any atom is 0.167 e. The number of carbonyl (C=O) groups is 1. The SMILES string of the molecule is C=C(Cc1cccc(-c2ccc(C(=C)C3CCC(C(=O)C4(O)CC4)CC3)cc2)c1)C1CCCC1. The van der Waals surface area contributed by atoms with Crippen LogP contribution < -0.4 is 0 Å². The molecule has 0 unspecified atom stereocenters. The molecule has 0 radical (unpaired) electrons. The molecular weight excluding hydrogens is 416 g/mol. The fourth-order valence-corrected chi connectivity index (χ4v) is 6.16. The average molecular weight is 455 g/mol. The summed E-state index contributed by atoms with van der Waals surface area (Å²) in [4.78, 5) is 12.5. The molecule has 2 aromatic carbocycles. The fraction of sp³-hybridized carbons (Fsp3) is 0.469. The Morgan fingerprint density at radius 2 is 1.47 bits per heavy atom. The summed E-state index contributed by atoms with van der Waals surface area (Å²) in [5, 5.41) is 10.2. The summed E-state index contributed by atoms with van der Waals surface area (Å²) < 4.78 is 0. The molecule has 2 heteroatoms. The molecule has 2 nitrogen and oxygen atoms in total. The van der Waals surface area contributed by atoms with Crippen LogP contribution in [-0.2, 0) is 11.2 Å². The summed E-state index contributed by atoms with van der Waals surface area (Å²) in [5.74, 6) is 1.26. The van der Waals surface area contributed by atoms with Crippen molar-refractivity contribution in [3.05, 3.63) is 78.4 Å². The highest BCUT2D eigenvalue weighted by molar-refractivity contribution is 5.91. The van der Waals surface area contributed by atoms with Crippen molar-refractivity contribution in [3.63, 3.8) is 0 Å². The lowest BCUT2D eigenvalue weighted by molar-refractivity contribution is -0.134. The minimum atomic E-state index is -0.981. The van der Waals surface area contributed by atoms with E-state index in [1.807, 2.05) is 0 Å². The van der Waals surface area contributed by atoms with E-state index >= 15 is 0 Å². The first kappa shape index (κ1) is 23.3. The van der Waals surface area contributed by atoms with Crippen LogP contribution in [0, 0.1) is 17.8 Å². The molecule has 3 saturated carbocycles. The molecule has 0 atom stereocenters. The van der Waals surface area contributed by atoms with Crippen LogP contribution >= 0.6 is 0 Å². The van der Waals surface area contributed by atoms with E-state index in [4.69, 9.17) is 0 Å². The molecule has 3 aliphatic rings. The number of allylic oxidation sites excluding steroid dienone is 2. The zero-order chi connectivity index (χ0) is 23.7. The number of aliphatic hydroxyl groups is 1. The van der Waals surface area contributed by atoms with Gasteiger partial charge in [-0.1, -0.05) is 80.1 Å². The maximum atomic E-state index is 12.5. The number of carbonyl (C=O) groups excluding carboxylic acids is 1. The van der Waals surface area contributed by atoms with E-state index in [0.717, 1.165) is 32.1 Å². The Balaban J connectivity index is 1.20. The summed E-state index contributed by atoms with van der Waals surface area (Å²) in [6.07, 6.45) is 11.3. The third-order valence-corrected chi connectivity index (χ3v) is 8.65. The summed E-state index contributed by atoms with van der Waals surface area (Å²) >= 11 is 0. The van der Waals surface area contributed by atoms with Crippen LogP contribution in [0.3, 0.4) is 0 Å². The van der Waals surface area contributed by atoms with Crippen molar-refractivity contribution in [1.29, 1.82) is 0 Å². The number of hydrogen-bond acceptors (Lipinski definition) is 2. The summed E-state index contributed by atoms with van der Waals surface area (Å²) in [6.45, 7) is 8.82. The lowest BCUT2D eigenvalue weighted by Crippen LogP contribution is -2.32. The first-order valence-electron chi connectivity index (χ1n) is 13.3. The van der Waals surface area contributed by atoms with Crippen LogP contribution in [0.2, 0.25) is 0 Å². The van der Waals surface area contributed by atoms with Gasteiger partial charge in [0.25, 0.3) is 0 Å². The molecule has 3 fully saturated rings. The van der Waals surface area contributed by atoms with Crippen LogP contribution in [0.1, 0.15) is 75.3 Å². The minimum Gasteiger partial charge on any atom is -0.382 e. The van der Waals surface area contributed by atoms with Crippen molar-refractivity contribution >= 4 is 11.4 Å². The summed E-state index contributed by atoms with van der Waals surface area (Å²) in [7, 11) is 0. The zero-order valence-electron chi connectivity index (χ0n) is 20.4. The molecule has 0 spiro atoms. The van der Waals surface area contributed by atoms with Crippen molar-refractivity contribution in [2.75, 3.05) is 0 Å². The van der Waals surface area contributed by atoms with E-state index in [0.29, 0.717) is 24.7 Å². The highest BCUT2D eigenvalue weighted by atomic mass is 16.3. The van der Waals surface area contributed by atoms with E-state index in [9.17, 15) is 9.90 Å². The Bertz CT molecular complexity index is 1060. The van der Waals surface area contributed by atoms with E-state index in [1.54, 1.807) is 0 Å². The lowest BCUT2D eigenvalue weighted by Gasteiger charge is -2.30. The molecule has 3 aliphatic carbocycles. The van der Waals surface area contributed by atoms with Gasteiger partial charge in [0, 0.05) is 5.92 Å². The standard InChI is InChI=1S/C32H38O2/c1-22(25-7-3-4-8-25)20-24-6-5-9-30(21-24)28-14-10-26(11-15-28)23(2)27-12-16-29(17-13-27)31(33)32(34)18-19-32/h5-6,9-11,14-15,21,25,27,29,34H,1-4,7-8,12-13,16-20H2. The van der Waals surface area contributed by atoms with E-state index in [1.165, 1.54) is 59.1 Å². The van der Waals surface area contributed by atoms with Gasteiger partial charge in [-0.2, -0.15) is 0 Å². The molecule has 0 bridgehead atoms. The second-order valence-electron chi connectivity index (χ2n) is 11.1. The van der Waals surface area contributed by atoms with Crippen LogP contribution in [0.4, 0.5) is 0 Å². The van der Waals surface area contributed by atoms with Gasteiger partial charge in [0.2, 0.25) is 0 Å². The molecule has 0 heterocycles. The van der Waals surface area contributed by atoms with Gasteiger partial charge >= 0.3 is 0 Å². The molecular formula is C32H38O2. The molecule has 0 aromatic heterocycles. The third-order valence-electron chi connectivity index (χ3n) is 8.65. The van der Waals surface area contributed by atoms with Gasteiger partial charge in [0.15, 0.2) is 5.78 Å². The van der Waals surface area contributed by atoms with E-state index in [2.05, 4.69) is 61.7 Å². The molecule has 34 heavy (non-hydrogen) atoms. The van der Waals surface area contributed by atoms with Gasteiger partial charge in [0.1, 0.15) is 5.60 Å². The van der Waals surface area contributed by atoms with Crippen LogP contribution in [-0.4, -0.2) is 16.5 Å². The number of benzene rings is 2. The fourth-order valence-electron chi connectivity index (χ4n) is 6.16. The topological polar surface area (TPSA) is 37.3 Å². The highest BCUT2D eigenvalue weighted by Crippen LogP contribution is 2.44. The van der Waals surface area contributed by atoms with Crippen LogP contribution in [0.15, 0.2) is 67.3 Å². The van der Waals surface area contributed by atoms with Gasteiger partial charge in [0.05, 0.1) is 0 Å². The Morgan fingerprint density at radius 3 is 2.12 bits per heavy atom. The second kappa shape index (κ2) is 9.66. The van der Waals surface area contributed by atoms with Crippen molar-refractivity contribution in [2.24, 2.45) is 17.8 Å². The smallest absolute Gasteiger partial charge is 0.167 e. The largest absolute Gasteiger partial charge is 0.382 e. The number of ketones is 1. The Hall–Kier alpha value is -2.45. The van der Waals surface area contributed by atoms with Gasteiger partial charge in [-0.05, 0) is 97.5 Å². The van der Waals surface area contributed by atoms with Crippen molar-refractivity contribution < 1.29 is 9.90 Å². The van der Waals surface area contributed by atoms with E-state index in [-0.39, 0.29) is 11.7 Å². The molecule has 1 N–H and O–H groups in total. The maximum absolute atomic E-state index is 12.5. The monoisotopic (exact) mass is 454 g/mol. The minimum absolute atomic E-state index is 0.0379. The van der Waals surface area contributed by atoms with E-state index < -0.39 is 5.60 Å². The summed E-state index contributed by atoms with van der Waals surface area (Å²) in [5.41, 5.74) is 6.64. The first-order valence-corrected chi connectivity index (χ1v) is 13.3. The van der Waals surface area contributed by atoms with Crippen molar-refractivity contribution in [1.82, 2.24) is 0 Å². The first-order chi connectivity index (χ1) is 16.4. The zero-order valence-corrected chi connectivity index (χ0v) is 20.4. The van der Waals surface area contributed by atoms with Gasteiger partial charge in [-0.15, -0.1) is 0 Å². The molecule has 178 valence electrons. The third kappa shape index (κ3) is 4.98. The number of Topliss-reactive ketones (excluding diaryl/α,β-unsaturated/α-hetero) is 1. The van der Waals surface area contributed by atoms with Gasteiger partial charge < -0.3 is 5.11 Å². The predicted octanol–water partition coefficient (Wildman–Crippen LogP) is 7.56. The van der Waals surface area contributed by atoms with Gasteiger partial charge in [-0.25, -0.2) is 0 Å². The second-order valence-corrected chi connectivity index (χ2v) is 11.1. The highest BCUT2D eigenvalue weighted by Gasteiger charge is 2.50. The molecule has 5 rings (SSSR count). The van der Waals surface area contributed by atoms with Crippen LogP contribution in [0.25, 0.3) is 16.7 Å². The summed E-state index contributed by atoms with van der Waals surface area (Å²) in [6, 6.07) is 17.7. The van der Waals surface area contributed by atoms with Gasteiger partial charge in [-0.3, -0.25) is 4.79 Å². The molecule has 2 aromatic rings. The van der Waals surface area contributed by atoms with Crippen molar-refractivity contribution in [2.45, 2.75) is 76.2 Å². The Kier molecular flexibility index (Phi) is 6.62. The predicted molar refractivity (Wildman–Crippen MR) is 140 cm³/mol. The molecule has 0 amide bonds. The lowest BCUT2D eigenvalue weighted by atomic mass is 9.74. The quantitative estimate of drug-likeness (QED) is 0.418. The normalized spacial score (nSPS) is 24.0. The Labute approximate surface area is 204 Å². The number of rotatable bonds is 8. The van der Waals surface area contributed by atoms with Crippen molar-refractivity contribution in [3.8, 4) is 11.1 Å². The molecule has 0 aliphatic heterocycles. The average Bonchev–Trinajstić information content (AvgIpc) is 3.38. The Morgan fingerprint density at radius 1 is 0.824 bits per heavy atom.